The van der Waals surface area contributed by atoms with Gasteiger partial charge in [0.25, 0.3) is 0 Å². The molecule has 7 aromatic rings. The highest BCUT2D eigenvalue weighted by molar-refractivity contribution is 6.13. The minimum absolute atomic E-state index is 1.12. The average Bonchev–Trinajstić information content (AvgIpc) is 3.52. The number of benzene rings is 5. The molecule has 1 N–H and O–H groups in total. The summed E-state index contributed by atoms with van der Waals surface area (Å²) in [5, 5.41) is 5.02. The van der Waals surface area contributed by atoms with Gasteiger partial charge >= 0.3 is 0 Å². The molecule has 186 valence electrons. The summed E-state index contributed by atoms with van der Waals surface area (Å²) in [4.78, 5) is 3.55. The van der Waals surface area contributed by atoms with E-state index in [-0.39, 0.29) is 0 Å². The molecule has 0 unspecified atom stereocenters. The van der Waals surface area contributed by atoms with Crippen LogP contribution in [0.25, 0.3) is 66.5 Å². The lowest BCUT2D eigenvalue weighted by Gasteiger charge is -2.10. The van der Waals surface area contributed by atoms with Crippen molar-refractivity contribution in [3.05, 3.63) is 145 Å². The molecule has 0 saturated heterocycles. The molecule has 2 heteroatoms. The van der Waals surface area contributed by atoms with Crippen molar-refractivity contribution in [2.45, 2.75) is 6.92 Å². The molecular weight excluding hydrogens is 472 g/mol. The van der Waals surface area contributed by atoms with Crippen LogP contribution in [0.4, 0.5) is 0 Å². The predicted molar refractivity (Wildman–Crippen MR) is 169 cm³/mol. The van der Waals surface area contributed by atoms with Gasteiger partial charge in [-0.25, -0.2) is 0 Å². The molecule has 0 spiro atoms. The first-order valence-corrected chi connectivity index (χ1v) is 13.4. The van der Waals surface area contributed by atoms with E-state index in [1.165, 1.54) is 60.3 Å². The number of nitrogens with zero attached hydrogens (tertiary/aromatic N) is 1. The molecule has 0 aliphatic rings. The maximum Gasteiger partial charge on any atom is 0.0541 e. The number of nitrogens with one attached hydrogen (secondary N) is 1. The largest absolute Gasteiger partial charge is 0.355 e. The average molecular weight is 501 g/mol. The molecule has 0 bridgehead atoms. The fourth-order valence-corrected chi connectivity index (χ4v) is 5.63. The van der Waals surface area contributed by atoms with Crippen molar-refractivity contribution in [2.24, 2.45) is 0 Å². The van der Waals surface area contributed by atoms with Gasteiger partial charge in [0.1, 0.15) is 0 Å². The van der Waals surface area contributed by atoms with E-state index in [0.717, 1.165) is 5.70 Å². The highest BCUT2D eigenvalue weighted by atomic mass is 15.0. The molecule has 0 aliphatic heterocycles. The van der Waals surface area contributed by atoms with Crippen LogP contribution < -0.4 is 0 Å². The molecule has 0 aliphatic carbocycles. The third kappa shape index (κ3) is 4.07. The van der Waals surface area contributed by atoms with Crippen molar-refractivity contribution < 1.29 is 0 Å². The van der Waals surface area contributed by atoms with E-state index in [0.29, 0.717) is 0 Å². The lowest BCUT2D eigenvalue weighted by molar-refractivity contribution is 1.25. The topological polar surface area (TPSA) is 20.7 Å². The van der Waals surface area contributed by atoms with Crippen molar-refractivity contribution in [3.8, 4) is 11.1 Å². The minimum Gasteiger partial charge on any atom is -0.355 e. The zero-order valence-electron chi connectivity index (χ0n) is 21.8. The van der Waals surface area contributed by atoms with Gasteiger partial charge in [-0.05, 0) is 72.2 Å². The van der Waals surface area contributed by atoms with Gasteiger partial charge in [-0.2, -0.15) is 0 Å². The number of H-pyrrole nitrogens is 1. The summed E-state index contributed by atoms with van der Waals surface area (Å²) in [6.45, 7) is 2.04. The maximum atomic E-state index is 3.55. The van der Waals surface area contributed by atoms with Gasteiger partial charge in [-0.15, -0.1) is 0 Å². The number of para-hydroxylation sites is 2. The fraction of sp³-hybridized carbons (Fsp3) is 0.0270. The maximum absolute atomic E-state index is 3.55. The van der Waals surface area contributed by atoms with Gasteiger partial charge in [0, 0.05) is 38.3 Å². The van der Waals surface area contributed by atoms with E-state index in [2.05, 4.69) is 155 Å². The first-order chi connectivity index (χ1) is 19.3. The Morgan fingerprint density at radius 2 is 1.26 bits per heavy atom. The Bertz CT molecular complexity index is 2060. The molecule has 5 aromatic carbocycles. The molecule has 0 amide bonds. The van der Waals surface area contributed by atoms with Gasteiger partial charge in [-0.3, -0.25) is 0 Å². The van der Waals surface area contributed by atoms with Crippen LogP contribution in [0, 0.1) is 0 Å². The molecule has 7 rings (SSSR count). The first-order valence-electron chi connectivity index (χ1n) is 13.4. The number of aromatic nitrogens is 2. The molecular formula is C37H28N2. The van der Waals surface area contributed by atoms with Crippen LogP contribution in [-0.4, -0.2) is 9.55 Å². The van der Waals surface area contributed by atoms with Crippen molar-refractivity contribution >= 4 is 55.4 Å². The Balaban J connectivity index is 1.44. The van der Waals surface area contributed by atoms with Gasteiger partial charge in [0.05, 0.1) is 11.0 Å². The molecule has 0 saturated carbocycles. The highest BCUT2D eigenvalue weighted by Gasteiger charge is 2.14. The summed E-state index contributed by atoms with van der Waals surface area (Å²) in [6, 6.07) is 41.4. The molecule has 0 radical (unpaired) electrons. The van der Waals surface area contributed by atoms with Gasteiger partial charge in [0.2, 0.25) is 0 Å². The summed E-state index contributed by atoms with van der Waals surface area (Å²) >= 11 is 0. The summed E-state index contributed by atoms with van der Waals surface area (Å²) in [6.07, 6.45) is 10.7. The Labute approximate surface area is 227 Å². The fourth-order valence-electron chi connectivity index (χ4n) is 5.63. The molecule has 0 fully saturated rings. The van der Waals surface area contributed by atoms with Crippen LogP contribution >= 0.6 is 0 Å². The van der Waals surface area contributed by atoms with E-state index in [4.69, 9.17) is 0 Å². The summed E-state index contributed by atoms with van der Waals surface area (Å²) in [5.41, 5.74) is 9.47. The minimum atomic E-state index is 1.12. The monoisotopic (exact) mass is 500 g/mol. The second-order valence-corrected chi connectivity index (χ2v) is 9.88. The van der Waals surface area contributed by atoms with E-state index in [9.17, 15) is 0 Å². The van der Waals surface area contributed by atoms with Gasteiger partial charge in [-0.1, -0.05) is 97.1 Å². The number of allylic oxidation sites excluding steroid dienone is 5. The summed E-state index contributed by atoms with van der Waals surface area (Å²) in [5.74, 6) is 0. The SMILES string of the molecule is C\C=C/C=C\C(=C\c1ccccc1)n1c2ccccc2c2cc(-c3ccc4[nH]c5ccccc5c4c3)ccc21. The van der Waals surface area contributed by atoms with Crippen LogP contribution in [0.3, 0.4) is 0 Å². The number of fused-ring (bicyclic) bond motifs is 6. The van der Waals surface area contributed by atoms with Crippen LogP contribution in [-0.2, 0) is 0 Å². The third-order valence-corrected chi connectivity index (χ3v) is 7.45. The van der Waals surface area contributed by atoms with Crippen LogP contribution in [0.2, 0.25) is 0 Å². The molecule has 2 nitrogen and oxygen atoms in total. The van der Waals surface area contributed by atoms with Crippen molar-refractivity contribution in [3.63, 3.8) is 0 Å². The zero-order valence-corrected chi connectivity index (χ0v) is 21.8. The highest BCUT2D eigenvalue weighted by Crippen LogP contribution is 2.37. The zero-order chi connectivity index (χ0) is 26.2. The van der Waals surface area contributed by atoms with Gasteiger partial charge in [0.15, 0.2) is 0 Å². The summed E-state index contributed by atoms with van der Waals surface area (Å²) in [7, 11) is 0. The van der Waals surface area contributed by atoms with Crippen molar-refractivity contribution in [2.75, 3.05) is 0 Å². The Hall–Kier alpha value is -5.08. The van der Waals surface area contributed by atoms with E-state index >= 15 is 0 Å². The normalized spacial score (nSPS) is 12.7. The van der Waals surface area contributed by atoms with Crippen LogP contribution in [0.15, 0.2) is 140 Å². The molecule has 39 heavy (non-hydrogen) atoms. The smallest absolute Gasteiger partial charge is 0.0541 e. The Morgan fingerprint density at radius 1 is 0.590 bits per heavy atom. The predicted octanol–water partition coefficient (Wildman–Crippen LogP) is 10.2. The Morgan fingerprint density at radius 3 is 2.10 bits per heavy atom. The number of rotatable bonds is 5. The van der Waals surface area contributed by atoms with Crippen LogP contribution in [0.5, 0.6) is 0 Å². The van der Waals surface area contributed by atoms with Gasteiger partial charge < -0.3 is 9.55 Å². The van der Waals surface area contributed by atoms with Crippen molar-refractivity contribution in [1.29, 1.82) is 0 Å². The van der Waals surface area contributed by atoms with Crippen molar-refractivity contribution in [1.82, 2.24) is 9.55 Å². The Kier molecular flexibility index (Phi) is 5.71. The third-order valence-electron chi connectivity index (χ3n) is 7.45. The number of hydrogen-bond donors (Lipinski definition) is 1. The second kappa shape index (κ2) is 9.66. The lowest BCUT2D eigenvalue weighted by Crippen LogP contribution is -1.94. The molecule has 0 atom stereocenters. The number of hydrogen-bond acceptors (Lipinski definition) is 0. The van der Waals surface area contributed by atoms with Crippen LogP contribution in [0.1, 0.15) is 12.5 Å². The van der Waals surface area contributed by atoms with E-state index in [1.807, 2.05) is 6.92 Å². The molecule has 2 aromatic heterocycles. The van der Waals surface area contributed by atoms with E-state index < -0.39 is 0 Å². The summed E-state index contributed by atoms with van der Waals surface area (Å²) < 4.78 is 2.38. The first kappa shape index (κ1) is 23.1. The quantitative estimate of drug-likeness (QED) is 0.227. The lowest BCUT2D eigenvalue weighted by atomic mass is 10.0. The second-order valence-electron chi connectivity index (χ2n) is 9.88. The number of aromatic amines is 1. The van der Waals surface area contributed by atoms with E-state index in [1.54, 1.807) is 0 Å². The standard InChI is InChI=1S/C37H28N2/c1-2-3-5-14-29(23-26-12-6-4-7-13-26)39-36-18-11-9-16-31(36)33-25-28(20-22-37(33)39)27-19-21-35-32(24-27)30-15-8-10-17-34(30)38-35/h2-25,38H,1H3/b3-2-,14-5-,29-23-. The molecule has 2 heterocycles.